The molecule has 1 amide bonds. The minimum atomic E-state index is -0.327. The van der Waals surface area contributed by atoms with Crippen molar-refractivity contribution in [3.8, 4) is 0 Å². The second kappa shape index (κ2) is 5.32. The van der Waals surface area contributed by atoms with Gasteiger partial charge in [0.15, 0.2) is 5.82 Å². The minimum absolute atomic E-state index is 0.0582. The van der Waals surface area contributed by atoms with Crippen molar-refractivity contribution in [1.29, 1.82) is 0 Å². The number of carbonyl (C=O) groups excluding carboxylic acids is 1. The summed E-state index contributed by atoms with van der Waals surface area (Å²) in [6.07, 6.45) is 1.56. The molecular formula is C14H17N3O3. The summed E-state index contributed by atoms with van der Waals surface area (Å²) in [5.74, 6) is 0.709. The Morgan fingerprint density at radius 3 is 2.75 bits per heavy atom. The number of hydrogen-bond donors (Lipinski definition) is 1. The highest BCUT2D eigenvalue weighted by molar-refractivity contribution is 5.89. The summed E-state index contributed by atoms with van der Waals surface area (Å²) in [6.45, 7) is 5.91. The summed E-state index contributed by atoms with van der Waals surface area (Å²) in [6, 6.07) is 6.42. The number of nitrogens with one attached hydrogen (secondary N) is 1. The van der Waals surface area contributed by atoms with Crippen LogP contribution in [0.3, 0.4) is 0 Å². The molecule has 2 heterocycles. The SMILES string of the molecule is CC(C)(C)c1cc(NC(=O)Cn2ccccc2=O)no1. The smallest absolute Gasteiger partial charge is 0.250 e. The molecule has 0 aliphatic heterocycles. The summed E-state index contributed by atoms with van der Waals surface area (Å²) in [5.41, 5.74) is -0.398. The number of carbonyl (C=O) groups is 1. The van der Waals surface area contributed by atoms with Crippen molar-refractivity contribution >= 4 is 11.7 Å². The first kappa shape index (κ1) is 14.0. The van der Waals surface area contributed by atoms with Gasteiger partial charge in [-0.15, -0.1) is 0 Å². The Morgan fingerprint density at radius 2 is 2.15 bits per heavy atom. The lowest BCUT2D eigenvalue weighted by molar-refractivity contribution is -0.116. The van der Waals surface area contributed by atoms with Gasteiger partial charge in [0.25, 0.3) is 5.56 Å². The Hall–Kier alpha value is -2.37. The van der Waals surface area contributed by atoms with E-state index >= 15 is 0 Å². The van der Waals surface area contributed by atoms with Crippen LogP contribution in [0.1, 0.15) is 26.5 Å². The molecule has 20 heavy (non-hydrogen) atoms. The Bertz CT molecular complexity index is 665. The summed E-state index contributed by atoms with van der Waals surface area (Å²) < 4.78 is 6.49. The van der Waals surface area contributed by atoms with E-state index < -0.39 is 0 Å². The minimum Gasteiger partial charge on any atom is -0.359 e. The van der Waals surface area contributed by atoms with Gasteiger partial charge in [0, 0.05) is 23.7 Å². The molecule has 0 saturated heterocycles. The van der Waals surface area contributed by atoms with E-state index in [1.165, 1.54) is 10.6 Å². The van der Waals surface area contributed by atoms with Gasteiger partial charge in [0.2, 0.25) is 5.91 Å². The molecule has 0 fully saturated rings. The maximum Gasteiger partial charge on any atom is 0.250 e. The molecule has 0 radical (unpaired) electrons. The summed E-state index contributed by atoms with van der Waals surface area (Å²) in [5, 5.41) is 6.40. The van der Waals surface area contributed by atoms with Gasteiger partial charge in [-0.1, -0.05) is 32.0 Å². The fourth-order valence-corrected chi connectivity index (χ4v) is 1.62. The highest BCUT2D eigenvalue weighted by Gasteiger charge is 2.20. The number of hydrogen-bond acceptors (Lipinski definition) is 4. The number of pyridine rings is 1. The number of anilines is 1. The second-order valence-electron chi connectivity index (χ2n) is 5.54. The molecule has 106 valence electrons. The van der Waals surface area contributed by atoms with Crippen LogP contribution in [-0.2, 0) is 16.8 Å². The van der Waals surface area contributed by atoms with Crippen LogP contribution in [0.4, 0.5) is 5.82 Å². The fraction of sp³-hybridized carbons (Fsp3) is 0.357. The zero-order chi connectivity index (χ0) is 14.8. The van der Waals surface area contributed by atoms with Crippen LogP contribution in [0, 0.1) is 0 Å². The summed E-state index contributed by atoms with van der Waals surface area (Å²) in [7, 11) is 0. The van der Waals surface area contributed by atoms with Crippen molar-refractivity contribution in [2.24, 2.45) is 0 Å². The predicted octanol–water partition coefficient (Wildman–Crippen LogP) is 1.77. The Labute approximate surface area is 116 Å². The van der Waals surface area contributed by atoms with Crippen molar-refractivity contribution in [3.63, 3.8) is 0 Å². The lowest BCUT2D eigenvalue weighted by Gasteiger charge is -2.12. The van der Waals surface area contributed by atoms with E-state index in [4.69, 9.17) is 4.52 Å². The van der Waals surface area contributed by atoms with E-state index in [9.17, 15) is 9.59 Å². The number of aromatic nitrogens is 2. The largest absolute Gasteiger partial charge is 0.359 e. The molecule has 6 nitrogen and oxygen atoms in total. The third-order valence-corrected chi connectivity index (χ3v) is 2.73. The average Bonchev–Trinajstić information content (AvgIpc) is 2.80. The molecule has 0 saturated carbocycles. The van der Waals surface area contributed by atoms with Crippen LogP contribution in [0.2, 0.25) is 0 Å². The van der Waals surface area contributed by atoms with E-state index in [0.717, 1.165) is 0 Å². The van der Waals surface area contributed by atoms with Gasteiger partial charge in [-0.05, 0) is 6.07 Å². The van der Waals surface area contributed by atoms with Crippen LogP contribution < -0.4 is 10.9 Å². The molecule has 6 heteroatoms. The molecule has 2 aromatic heterocycles. The molecule has 0 aliphatic rings. The summed E-state index contributed by atoms with van der Waals surface area (Å²) in [4.78, 5) is 23.3. The van der Waals surface area contributed by atoms with E-state index in [0.29, 0.717) is 11.6 Å². The Kier molecular flexibility index (Phi) is 3.74. The molecule has 0 spiro atoms. The van der Waals surface area contributed by atoms with E-state index in [2.05, 4.69) is 10.5 Å². The van der Waals surface area contributed by atoms with Crippen LogP contribution >= 0.6 is 0 Å². The summed E-state index contributed by atoms with van der Waals surface area (Å²) >= 11 is 0. The lowest BCUT2D eigenvalue weighted by atomic mass is 9.93. The van der Waals surface area contributed by atoms with Gasteiger partial charge >= 0.3 is 0 Å². The van der Waals surface area contributed by atoms with Crippen LogP contribution in [0.25, 0.3) is 0 Å². The van der Waals surface area contributed by atoms with Crippen molar-refractivity contribution in [1.82, 2.24) is 9.72 Å². The second-order valence-corrected chi connectivity index (χ2v) is 5.54. The first-order chi connectivity index (χ1) is 9.36. The van der Waals surface area contributed by atoms with Gasteiger partial charge in [0.1, 0.15) is 12.3 Å². The van der Waals surface area contributed by atoms with Crippen LogP contribution in [0.5, 0.6) is 0 Å². The molecule has 0 unspecified atom stereocenters. The van der Waals surface area contributed by atoms with E-state index in [1.54, 1.807) is 24.4 Å². The van der Waals surface area contributed by atoms with Crippen LogP contribution in [0.15, 0.2) is 39.8 Å². The maximum absolute atomic E-state index is 11.8. The topological polar surface area (TPSA) is 77.1 Å². The molecular weight excluding hydrogens is 258 g/mol. The van der Waals surface area contributed by atoms with E-state index in [-0.39, 0.29) is 23.4 Å². The van der Waals surface area contributed by atoms with Gasteiger partial charge in [-0.2, -0.15) is 0 Å². The van der Waals surface area contributed by atoms with Crippen molar-refractivity contribution < 1.29 is 9.32 Å². The Morgan fingerprint density at radius 1 is 1.40 bits per heavy atom. The standard InChI is InChI=1S/C14H17N3O3/c1-14(2,3)10-8-11(16-20-10)15-12(18)9-17-7-5-4-6-13(17)19/h4-8H,9H2,1-3H3,(H,15,16,18). The predicted molar refractivity (Wildman–Crippen MR) is 74.5 cm³/mol. The molecule has 1 N–H and O–H groups in total. The van der Waals surface area contributed by atoms with Gasteiger partial charge in [-0.3, -0.25) is 9.59 Å². The van der Waals surface area contributed by atoms with Crippen molar-refractivity contribution in [2.45, 2.75) is 32.7 Å². The van der Waals surface area contributed by atoms with Crippen LogP contribution in [-0.4, -0.2) is 15.6 Å². The highest BCUT2D eigenvalue weighted by Crippen LogP contribution is 2.24. The molecule has 0 atom stereocenters. The third kappa shape index (κ3) is 3.34. The first-order valence-corrected chi connectivity index (χ1v) is 6.29. The fourth-order valence-electron chi connectivity index (χ4n) is 1.62. The van der Waals surface area contributed by atoms with Gasteiger partial charge in [0.05, 0.1) is 0 Å². The molecule has 0 aliphatic carbocycles. The van der Waals surface area contributed by atoms with Crippen molar-refractivity contribution in [3.05, 3.63) is 46.6 Å². The molecule has 0 bridgehead atoms. The molecule has 0 aromatic carbocycles. The van der Waals surface area contributed by atoms with E-state index in [1.807, 2.05) is 20.8 Å². The molecule has 2 aromatic rings. The monoisotopic (exact) mass is 275 g/mol. The normalized spacial score (nSPS) is 11.3. The average molecular weight is 275 g/mol. The van der Waals surface area contributed by atoms with Gasteiger partial charge in [-0.25, -0.2) is 0 Å². The quantitative estimate of drug-likeness (QED) is 0.926. The molecule has 2 rings (SSSR count). The van der Waals surface area contributed by atoms with Gasteiger partial charge < -0.3 is 14.4 Å². The third-order valence-electron chi connectivity index (χ3n) is 2.73. The number of nitrogens with zero attached hydrogens (tertiary/aromatic N) is 2. The zero-order valence-electron chi connectivity index (χ0n) is 11.7. The lowest BCUT2D eigenvalue weighted by Crippen LogP contribution is -2.26. The first-order valence-electron chi connectivity index (χ1n) is 6.29. The number of amides is 1. The number of rotatable bonds is 3. The Balaban J connectivity index is 2.04. The maximum atomic E-state index is 11.8. The highest BCUT2D eigenvalue weighted by atomic mass is 16.5. The van der Waals surface area contributed by atoms with Crippen molar-refractivity contribution in [2.75, 3.05) is 5.32 Å². The zero-order valence-corrected chi connectivity index (χ0v) is 11.7.